The van der Waals surface area contributed by atoms with Crippen LogP contribution in [0.5, 0.6) is 5.75 Å². The summed E-state index contributed by atoms with van der Waals surface area (Å²) in [6.45, 7) is 1.69. The third-order valence-corrected chi connectivity index (χ3v) is 2.98. The van der Waals surface area contributed by atoms with Crippen molar-refractivity contribution >= 4 is 5.69 Å². The molecule has 0 saturated carbocycles. The quantitative estimate of drug-likeness (QED) is 0.902. The summed E-state index contributed by atoms with van der Waals surface area (Å²) in [5, 5.41) is 2.97. The summed E-state index contributed by atoms with van der Waals surface area (Å²) in [5.41, 5.74) is 0.757. The number of nitrogens with one attached hydrogen (secondary N) is 1. The minimum absolute atomic E-state index is 0.0851. The summed E-state index contributed by atoms with van der Waals surface area (Å²) in [7, 11) is 1.36. The Morgan fingerprint density at radius 3 is 2.50 bits per heavy atom. The van der Waals surface area contributed by atoms with Crippen molar-refractivity contribution in [3.05, 3.63) is 59.4 Å². The smallest absolute Gasteiger partial charge is 0.165 e. The molecule has 2 rings (SSSR count). The predicted octanol–water partition coefficient (Wildman–Crippen LogP) is 4.29. The van der Waals surface area contributed by atoms with Crippen LogP contribution in [-0.4, -0.2) is 7.11 Å². The van der Waals surface area contributed by atoms with Crippen LogP contribution in [-0.2, 0) is 0 Å². The number of benzene rings is 2. The molecule has 5 heteroatoms. The SMILES string of the molecule is COc1cc(NC(C)c2cccc(F)c2F)ccc1F. The van der Waals surface area contributed by atoms with Crippen molar-refractivity contribution in [2.75, 3.05) is 12.4 Å². The van der Waals surface area contributed by atoms with Gasteiger partial charge in [0.2, 0.25) is 0 Å². The Balaban J connectivity index is 2.23. The van der Waals surface area contributed by atoms with Crippen molar-refractivity contribution in [1.82, 2.24) is 0 Å². The molecular weight excluding hydrogens is 267 g/mol. The van der Waals surface area contributed by atoms with E-state index in [1.807, 2.05) is 0 Å². The van der Waals surface area contributed by atoms with E-state index in [9.17, 15) is 13.2 Å². The van der Waals surface area contributed by atoms with E-state index in [2.05, 4.69) is 5.32 Å². The van der Waals surface area contributed by atoms with E-state index >= 15 is 0 Å². The lowest BCUT2D eigenvalue weighted by Crippen LogP contribution is -2.09. The number of hydrogen-bond donors (Lipinski definition) is 1. The Morgan fingerprint density at radius 2 is 1.80 bits per heavy atom. The third-order valence-electron chi connectivity index (χ3n) is 2.98. The van der Waals surface area contributed by atoms with Crippen LogP contribution in [0, 0.1) is 17.5 Å². The number of anilines is 1. The molecule has 1 unspecified atom stereocenters. The normalized spacial score (nSPS) is 12.1. The van der Waals surface area contributed by atoms with E-state index in [0.717, 1.165) is 6.07 Å². The van der Waals surface area contributed by atoms with E-state index < -0.39 is 23.5 Å². The second-order valence-electron chi connectivity index (χ2n) is 4.36. The summed E-state index contributed by atoms with van der Waals surface area (Å²) in [5.74, 6) is -2.18. The number of ether oxygens (including phenoxy) is 1. The van der Waals surface area contributed by atoms with E-state index in [0.29, 0.717) is 5.69 Å². The fourth-order valence-corrected chi connectivity index (χ4v) is 1.93. The molecule has 0 aliphatic carbocycles. The van der Waals surface area contributed by atoms with Gasteiger partial charge in [-0.1, -0.05) is 12.1 Å². The van der Waals surface area contributed by atoms with Gasteiger partial charge in [-0.15, -0.1) is 0 Å². The molecule has 0 aromatic heterocycles. The molecule has 0 aliphatic rings. The van der Waals surface area contributed by atoms with Gasteiger partial charge in [0.15, 0.2) is 23.2 Å². The van der Waals surface area contributed by atoms with Crippen LogP contribution in [0.2, 0.25) is 0 Å². The molecule has 1 atom stereocenters. The van der Waals surface area contributed by atoms with Gasteiger partial charge in [-0.2, -0.15) is 0 Å². The van der Waals surface area contributed by atoms with Crippen molar-refractivity contribution < 1.29 is 17.9 Å². The minimum Gasteiger partial charge on any atom is -0.494 e. The van der Waals surface area contributed by atoms with Gasteiger partial charge in [0.25, 0.3) is 0 Å². The molecule has 2 nitrogen and oxygen atoms in total. The maximum absolute atomic E-state index is 13.7. The zero-order valence-corrected chi connectivity index (χ0v) is 11.1. The highest BCUT2D eigenvalue weighted by Crippen LogP contribution is 2.26. The lowest BCUT2D eigenvalue weighted by Gasteiger charge is -2.17. The van der Waals surface area contributed by atoms with Gasteiger partial charge in [-0.05, 0) is 25.1 Å². The average molecular weight is 281 g/mol. The van der Waals surface area contributed by atoms with Gasteiger partial charge >= 0.3 is 0 Å². The molecule has 0 bridgehead atoms. The first-order valence-electron chi connectivity index (χ1n) is 6.07. The van der Waals surface area contributed by atoms with E-state index in [-0.39, 0.29) is 11.3 Å². The number of halogens is 3. The zero-order valence-electron chi connectivity index (χ0n) is 11.1. The van der Waals surface area contributed by atoms with Gasteiger partial charge in [-0.3, -0.25) is 0 Å². The van der Waals surface area contributed by atoms with Crippen molar-refractivity contribution in [1.29, 1.82) is 0 Å². The van der Waals surface area contributed by atoms with Crippen LogP contribution in [0.15, 0.2) is 36.4 Å². The molecule has 0 spiro atoms. The van der Waals surface area contributed by atoms with E-state index in [1.54, 1.807) is 6.92 Å². The summed E-state index contributed by atoms with van der Waals surface area (Å²) >= 11 is 0. The highest BCUT2D eigenvalue weighted by Gasteiger charge is 2.14. The Labute approximate surface area is 115 Å². The largest absolute Gasteiger partial charge is 0.494 e. The number of hydrogen-bond acceptors (Lipinski definition) is 2. The standard InChI is InChI=1S/C15H14F3NO/c1-9(11-4-3-5-13(17)15(11)18)19-10-6-7-12(16)14(8-10)20-2/h3-9,19H,1-2H3. The Bertz CT molecular complexity index is 616. The van der Waals surface area contributed by atoms with Gasteiger partial charge in [0.1, 0.15) is 0 Å². The molecule has 0 radical (unpaired) electrons. The van der Waals surface area contributed by atoms with Crippen LogP contribution < -0.4 is 10.1 Å². The maximum Gasteiger partial charge on any atom is 0.165 e. The predicted molar refractivity (Wildman–Crippen MR) is 71.3 cm³/mol. The van der Waals surface area contributed by atoms with Crippen LogP contribution in [0.3, 0.4) is 0 Å². The highest BCUT2D eigenvalue weighted by atomic mass is 19.2. The Morgan fingerprint density at radius 1 is 1.05 bits per heavy atom. The molecule has 0 fully saturated rings. The van der Waals surface area contributed by atoms with Gasteiger partial charge in [0, 0.05) is 17.3 Å². The first kappa shape index (κ1) is 14.2. The monoisotopic (exact) mass is 281 g/mol. The molecule has 2 aromatic carbocycles. The molecule has 20 heavy (non-hydrogen) atoms. The molecule has 2 aromatic rings. The van der Waals surface area contributed by atoms with Crippen molar-refractivity contribution in [2.45, 2.75) is 13.0 Å². The first-order chi connectivity index (χ1) is 9.52. The summed E-state index contributed by atoms with van der Waals surface area (Å²) in [6, 6.07) is 7.74. The average Bonchev–Trinajstić information content (AvgIpc) is 2.43. The molecule has 0 amide bonds. The van der Waals surface area contributed by atoms with Gasteiger partial charge in [-0.25, -0.2) is 13.2 Å². The van der Waals surface area contributed by atoms with Gasteiger partial charge < -0.3 is 10.1 Å². The number of rotatable bonds is 4. The lowest BCUT2D eigenvalue weighted by molar-refractivity contribution is 0.386. The number of methoxy groups -OCH3 is 1. The lowest BCUT2D eigenvalue weighted by atomic mass is 10.1. The molecule has 0 heterocycles. The first-order valence-corrected chi connectivity index (χ1v) is 6.07. The fraction of sp³-hybridized carbons (Fsp3) is 0.200. The molecular formula is C15H14F3NO. The summed E-state index contributed by atoms with van der Waals surface area (Å²) in [4.78, 5) is 0. The third kappa shape index (κ3) is 2.87. The van der Waals surface area contributed by atoms with Crippen molar-refractivity contribution in [3.8, 4) is 5.75 Å². The summed E-state index contributed by atoms with van der Waals surface area (Å²) in [6.07, 6.45) is 0. The zero-order chi connectivity index (χ0) is 14.7. The summed E-state index contributed by atoms with van der Waals surface area (Å²) < 4.78 is 45.0. The Kier molecular flexibility index (Phi) is 4.17. The maximum atomic E-state index is 13.7. The molecule has 0 saturated heterocycles. The van der Waals surface area contributed by atoms with Crippen molar-refractivity contribution in [3.63, 3.8) is 0 Å². The van der Waals surface area contributed by atoms with Crippen molar-refractivity contribution in [2.24, 2.45) is 0 Å². The second kappa shape index (κ2) is 5.86. The van der Waals surface area contributed by atoms with Crippen LogP contribution in [0.1, 0.15) is 18.5 Å². The highest BCUT2D eigenvalue weighted by molar-refractivity contribution is 5.50. The topological polar surface area (TPSA) is 21.3 Å². The van der Waals surface area contributed by atoms with E-state index in [1.165, 1.54) is 37.4 Å². The van der Waals surface area contributed by atoms with Crippen LogP contribution in [0.4, 0.5) is 18.9 Å². The molecule has 1 N–H and O–H groups in total. The Hall–Kier alpha value is -2.17. The molecule has 0 aliphatic heterocycles. The minimum atomic E-state index is -0.896. The fourth-order valence-electron chi connectivity index (χ4n) is 1.93. The molecule has 106 valence electrons. The van der Waals surface area contributed by atoms with Crippen LogP contribution in [0.25, 0.3) is 0 Å². The van der Waals surface area contributed by atoms with E-state index in [4.69, 9.17) is 4.74 Å². The van der Waals surface area contributed by atoms with Crippen LogP contribution >= 0.6 is 0 Å². The van der Waals surface area contributed by atoms with Gasteiger partial charge in [0.05, 0.1) is 13.2 Å². The second-order valence-corrected chi connectivity index (χ2v) is 4.36.